The summed E-state index contributed by atoms with van der Waals surface area (Å²) in [6.07, 6.45) is 4.21. The molecule has 2 fully saturated rings. The molecule has 0 unspecified atom stereocenters. The molecule has 1 atom stereocenters. The van der Waals surface area contributed by atoms with E-state index in [2.05, 4.69) is 0 Å². The normalized spacial score (nSPS) is 17.3. The Kier molecular flexibility index (Phi) is 7.97. The van der Waals surface area contributed by atoms with Crippen molar-refractivity contribution in [2.24, 2.45) is 0 Å². The van der Waals surface area contributed by atoms with Crippen LogP contribution in [0.25, 0.3) is 0 Å². The third-order valence-electron chi connectivity index (χ3n) is 7.19. The number of benzene rings is 2. The Labute approximate surface area is 225 Å². The molecular weight excluding hydrogens is 532 g/mol. The molecule has 0 spiro atoms. The smallest absolute Gasteiger partial charge is 0.277 e. The van der Waals surface area contributed by atoms with Gasteiger partial charge < -0.3 is 9.80 Å². The number of nitro benzene ring substituents is 4. The lowest BCUT2D eigenvalue weighted by Gasteiger charge is -2.38. The third kappa shape index (κ3) is 5.84. The van der Waals surface area contributed by atoms with E-state index in [9.17, 15) is 50.0 Å². The van der Waals surface area contributed by atoms with Crippen molar-refractivity contribution in [1.29, 1.82) is 0 Å². The Morgan fingerprint density at radius 2 is 1.10 bits per heavy atom. The average Bonchev–Trinajstić information content (AvgIpc) is 3.42. The first-order valence-corrected chi connectivity index (χ1v) is 12.5. The SMILES string of the molecule is O=C(c1cc([N+](=O)[O-])cc([N+](=O)[O-])c1)N1CC[C@@H](N(C(=O)c2cc([N+](=O)[O-])cc([N+](=O)[O-])c2)C2CCCCC2)C1. The molecule has 1 saturated heterocycles. The second-order valence-electron chi connectivity index (χ2n) is 9.70. The van der Waals surface area contributed by atoms with Gasteiger partial charge in [0.2, 0.25) is 0 Å². The predicted octanol–water partition coefficient (Wildman–Crippen LogP) is 4.01. The van der Waals surface area contributed by atoms with E-state index in [-0.39, 0.29) is 30.3 Å². The summed E-state index contributed by atoms with van der Waals surface area (Å²) in [4.78, 5) is 71.9. The van der Waals surface area contributed by atoms with Gasteiger partial charge in [-0.1, -0.05) is 19.3 Å². The summed E-state index contributed by atoms with van der Waals surface area (Å²) in [5, 5.41) is 45.3. The summed E-state index contributed by atoms with van der Waals surface area (Å²) in [6.45, 7) is 0.153. The van der Waals surface area contributed by atoms with Crippen molar-refractivity contribution in [2.75, 3.05) is 13.1 Å². The highest BCUT2D eigenvalue weighted by Crippen LogP contribution is 2.32. The van der Waals surface area contributed by atoms with Crippen LogP contribution < -0.4 is 0 Å². The van der Waals surface area contributed by atoms with Crippen LogP contribution in [0.3, 0.4) is 0 Å². The number of amides is 2. The highest BCUT2D eigenvalue weighted by molar-refractivity contribution is 5.97. The van der Waals surface area contributed by atoms with E-state index in [0.717, 1.165) is 55.7 Å². The number of hydrogen-bond donors (Lipinski definition) is 0. The molecule has 2 aromatic rings. The van der Waals surface area contributed by atoms with E-state index < -0.39 is 60.3 Å². The van der Waals surface area contributed by atoms with Crippen LogP contribution in [-0.2, 0) is 0 Å². The van der Waals surface area contributed by atoms with Crippen molar-refractivity contribution in [3.8, 4) is 0 Å². The summed E-state index contributed by atoms with van der Waals surface area (Å²) in [5.74, 6) is -1.32. The molecule has 1 aliphatic heterocycles. The molecule has 1 saturated carbocycles. The zero-order chi connectivity index (χ0) is 29.1. The van der Waals surface area contributed by atoms with Crippen molar-refractivity contribution in [2.45, 2.75) is 50.6 Å². The van der Waals surface area contributed by atoms with Crippen molar-refractivity contribution >= 4 is 34.6 Å². The first kappa shape index (κ1) is 28.0. The summed E-state index contributed by atoms with van der Waals surface area (Å²) < 4.78 is 0. The maximum absolute atomic E-state index is 13.8. The van der Waals surface area contributed by atoms with Crippen LogP contribution in [-0.4, -0.2) is 66.5 Å². The fourth-order valence-corrected chi connectivity index (χ4v) is 5.33. The maximum atomic E-state index is 13.8. The number of nitrogens with zero attached hydrogens (tertiary/aromatic N) is 6. The van der Waals surface area contributed by atoms with E-state index in [1.807, 2.05) is 0 Å². The summed E-state index contributed by atoms with van der Waals surface area (Å²) >= 11 is 0. The first-order valence-electron chi connectivity index (χ1n) is 12.5. The van der Waals surface area contributed by atoms with E-state index in [1.54, 1.807) is 4.90 Å². The van der Waals surface area contributed by atoms with Gasteiger partial charge in [0.15, 0.2) is 0 Å². The van der Waals surface area contributed by atoms with Crippen molar-refractivity contribution in [3.05, 3.63) is 88.0 Å². The maximum Gasteiger partial charge on any atom is 0.277 e. The second kappa shape index (κ2) is 11.4. The Bertz CT molecular complexity index is 1340. The number of likely N-dealkylation sites (tertiary alicyclic amines) is 1. The molecule has 1 aliphatic carbocycles. The molecule has 1 heterocycles. The quantitative estimate of drug-likeness (QED) is 0.336. The molecule has 0 aromatic heterocycles. The van der Waals surface area contributed by atoms with Crippen LogP contribution in [0, 0.1) is 40.5 Å². The van der Waals surface area contributed by atoms with Crippen LogP contribution in [0.2, 0.25) is 0 Å². The van der Waals surface area contributed by atoms with Crippen molar-refractivity contribution in [3.63, 3.8) is 0 Å². The zero-order valence-corrected chi connectivity index (χ0v) is 21.0. The first-order chi connectivity index (χ1) is 19.0. The van der Waals surface area contributed by atoms with Gasteiger partial charge in [0.25, 0.3) is 34.6 Å². The number of hydrogen-bond acceptors (Lipinski definition) is 10. The van der Waals surface area contributed by atoms with Crippen LogP contribution in [0.1, 0.15) is 59.2 Å². The van der Waals surface area contributed by atoms with Gasteiger partial charge in [-0.15, -0.1) is 0 Å². The monoisotopic (exact) mass is 556 g/mol. The number of non-ortho nitro benzene ring substituents is 4. The van der Waals surface area contributed by atoms with Crippen LogP contribution in [0.4, 0.5) is 22.7 Å². The van der Waals surface area contributed by atoms with Gasteiger partial charge in [-0.25, -0.2) is 0 Å². The molecule has 2 amide bonds. The van der Waals surface area contributed by atoms with Gasteiger partial charge in [0.05, 0.1) is 49.0 Å². The second-order valence-corrected chi connectivity index (χ2v) is 9.70. The van der Waals surface area contributed by atoms with E-state index in [1.165, 1.54) is 4.90 Å². The minimum absolute atomic E-state index is 0.00851. The minimum atomic E-state index is -0.835. The predicted molar refractivity (Wildman–Crippen MR) is 137 cm³/mol. The molecular formula is C24H24N6O10. The highest BCUT2D eigenvalue weighted by Gasteiger charge is 2.39. The van der Waals surface area contributed by atoms with Gasteiger partial charge in [-0.2, -0.15) is 0 Å². The van der Waals surface area contributed by atoms with Crippen molar-refractivity contribution < 1.29 is 29.3 Å². The van der Waals surface area contributed by atoms with Gasteiger partial charge in [-0.05, 0) is 19.3 Å². The number of carbonyl (C=O) groups excluding carboxylic acids is 2. The van der Waals surface area contributed by atoms with E-state index in [4.69, 9.17) is 0 Å². The minimum Gasteiger partial charge on any atom is -0.336 e. The number of rotatable bonds is 8. The molecule has 4 rings (SSSR count). The molecule has 0 N–H and O–H groups in total. The molecule has 210 valence electrons. The molecule has 2 aliphatic rings. The van der Waals surface area contributed by atoms with Gasteiger partial charge >= 0.3 is 0 Å². The third-order valence-corrected chi connectivity index (χ3v) is 7.19. The largest absolute Gasteiger partial charge is 0.336 e. The lowest BCUT2D eigenvalue weighted by molar-refractivity contribution is -0.394. The molecule has 16 nitrogen and oxygen atoms in total. The molecule has 40 heavy (non-hydrogen) atoms. The van der Waals surface area contributed by atoms with Crippen LogP contribution >= 0.6 is 0 Å². The number of carbonyl (C=O) groups is 2. The topological polar surface area (TPSA) is 213 Å². The fourth-order valence-electron chi connectivity index (χ4n) is 5.33. The lowest BCUT2D eigenvalue weighted by Crippen LogP contribution is -2.49. The molecule has 0 radical (unpaired) electrons. The van der Waals surface area contributed by atoms with E-state index >= 15 is 0 Å². The zero-order valence-electron chi connectivity index (χ0n) is 21.0. The highest BCUT2D eigenvalue weighted by atomic mass is 16.6. The molecule has 16 heteroatoms. The molecule has 2 aromatic carbocycles. The van der Waals surface area contributed by atoms with Crippen LogP contribution in [0.5, 0.6) is 0 Å². The molecule has 0 bridgehead atoms. The fraction of sp³-hybridized carbons (Fsp3) is 0.417. The van der Waals surface area contributed by atoms with Gasteiger partial charge in [0, 0.05) is 43.4 Å². The summed E-state index contributed by atoms with van der Waals surface area (Å²) in [7, 11) is 0. The summed E-state index contributed by atoms with van der Waals surface area (Å²) in [5.41, 5.74) is -2.88. The van der Waals surface area contributed by atoms with Gasteiger partial charge in [0.1, 0.15) is 0 Å². The van der Waals surface area contributed by atoms with Gasteiger partial charge in [-0.3, -0.25) is 50.0 Å². The Morgan fingerprint density at radius 1 is 0.650 bits per heavy atom. The lowest BCUT2D eigenvalue weighted by atomic mass is 9.92. The summed E-state index contributed by atoms with van der Waals surface area (Å²) in [6, 6.07) is 4.60. The Hall–Kier alpha value is -5.02. The standard InChI is InChI=1S/C24H24N6O10/c31-23(15-8-19(27(33)34)12-20(9-15)28(35)36)25-7-6-18(14-25)26(17-4-2-1-3-5-17)24(32)16-10-21(29(37)38)13-22(11-16)30(39)40/h8-13,17-18H,1-7,14H2/t18-/m1/s1. The Balaban J connectivity index is 1.65. The van der Waals surface area contributed by atoms with Crippen LogP contribution in [0.15, 0.2) is 36.4 Å². The average molecular weight is 556 g/mol. The van der Waals surface area contributed by atoms with Crippen molar-refractivity contribution in [1.82, 2.24) is 9.80 Å². The Morgan fingerprint density at radius 3 is 1.55 bits per heavy atom. The number of nitro groups is 4. The van der Waals surface area contributed by atoms with E-state index in [0.29, 0.717) is 19.3 Å².